The van der Waals surface area contributed by atoms with Crippen LogP contribution in [0.15, 0.2) is 35.3 Å². The molecule has 126 valence electrons. The first-order valence-corrected chi connectivity index (χ1v) is 9.42. The van der Waals surface area contributed by atoms with Crippen molar-refractivity contribution in [1.82, 2.24) is 0 Å². The van der Waals surface area contributed by atoms with E-state index >= 15 is 0 Å². The smallest absolute Gasteiger partial charge is 0.282 e. The molecule has 2 atom stereocenters. The molecule has 22 heavy (non-hydrogen) atoms. The highest BCUT2D eigenvalue weighted by atomic mass is 32.2. The molecular formula is C18H30O3S. The first kappa shape index (κ1) is 19.2. The van der Waals surface area contributed by atoms with Crippen molar-refractivity contribution in [2.75, 3.05) is 0 Å². The predicted molar refractivity (Wildman–Crippen MR) is 93.0 cm³/mol. The van der Waals surface area contributed by atoms with Crippen molar-refractivity contribution in [3.05, 3.63) is 35.3 Å². The first-order valence-electron chi connectivity index (χ1n) is 7.98. The lowest BCUT2D eigenvalue weighted by molar-refractivity contribution is 0.0980. The van der Waals surface area contributed by atoms with Gasteiger partial charge in [-0.1, -0.05) is 72.3 Å². The minimum atomic E-state index is -4.20. The predicted octanol–water partition coefficient (Wildman–Crippen LogP) is 4.99. The Morgan fingerprint density at radius 3 is 2.32 bits per heavy atom. The molecule has 1 rings (SSSR count). The van der Waals surface area contributed by atoms with Crippen LogP contribution < -0.4 is 0 Å². The van der Waals surface area contributed by atoms with Gasteiger partial charge >= 0.3 is 0 Å². The molecular weight excluding hydrogens is 296 g/mol. The van der Waals surface area contributed by atoms with Gasteiger partial charge in [0.05, 0.1) is 4.91 Å². The molecule has 2 unspecified atom stereocenters. The van der Waals surface area contributed by atoms with E-state index in [-0.39, 0.29) is 16.2 Å². The van der Waals surface area contributed by atoms with Gasteiger partial charge in [-0.25, -0.2) is 0 Å². The van der Waals surface area contributed by atoms with Gasteiger partial charge in [0.1, 0.15) is 0 Å². The summed E-state index contributed by atoms with van der Waals surface area (Å²) in [4.78, 5) is -0.0133. The summed E-state index contributed by atoms with van der Waals surface area (Å²) in [5, 5.41) is 0. The average molecular weight is 327 g/mol. The lowest BCUT2D eigenvalue weighted by Gasteiger charge is -2.44. The maximum Gasteiger partial charge on any atom is 0.294 e. The van der Waals surface area contributed by atoms with E-state index in [0.29, 0.717) is 5.92 Å². The molecule has 0 fully saturated rings. The maximum absolute atomic E-state index is 11.6. The van der Waals surface area contributed by atoms with E-state index in [1.807, 2.05) is 6.08 Å². The van der Waals surface area contributed by atoms with Gasteiger partial charge < -0.3 is 0 Å². The number of rotatable bonds is 6. The molecule has 1 aliphatic rings. The van der Waals surface area contributed by atoms with Crippen molar-refractivity contribution in [3.63, 3.8) is 0 Å². The fourth-order valence-electron chi connectivity index (χ4n) is 3.33. The van der Waals surface area contributed by atoms with E-state index in [0.717, 1.165) is 12.8 Å². The van der Waals surface area contributed by atoms with Crippen molar-refractivity contribution in [2.45, 2.75) is 54.4 Å². The van der Waals surface area contributed by atoms with Gasteiger partial charge in [-0.2, -0.15) is 8.42 Å². The zero-order chi connectivity index (χ0) is 17.2. The van der Waals surface area contributed by atoms with E-state index in [1.54, 1.807) is 12.2 Å². The summed E-state index contributed by atoms with van der Waals surface area (Å²) in [5.41, 5.74) is -0.354. The number of hydrogen-bond donors (Lipinski definition) is 1. The Bertz CT molecular complexity index is 579. The fourth-order valence-corrected chi connectivity index (χ4v) is 3.98. The zero-order valence-electron chi connectivity index (χ0n) is 14.6. The molecule has 0 saturated carbocycles. The van der Waals surface area contributed by atoms with E-state index in [1.165, 1.54) is 6.08 Å². The second-order valence-electron chi connectivity index (χ2n) is 7.63. The highest BCUT2D eigenvalue weighted by Crippen LogP contribution is 2.49. The summed E-state index contributed by atoms with van der Waals surface area (Å²) < 4.78 is 32.6. The van der Waals surface area contributed by atoms with Crippen LogP contribution in [0.1, 0.15) is 54.4 Å². The maximum atomic E-state index is 11.6. The topological polar surface area (TPSA) is 54.4 Å². The highest BCUT2D eigenvalue weighted by Gasteiger charge is 2.41. The van der Waals surface area contributed by atoms with Gasteiger partial charge in [0.15, 0.2) is 0 Å². The highest BCUT2D eigenvalue weighted by molar-refractivity contribution is 7.90. The van der Waals surface area contributed by atoms with Crippen molar-refractivity contribution >= 4 is 10.1 Å². The SMILES string of the molecule is CCC(C)(C)C(CC(C)C)C1(C)C=CC=CC(S(=O)(=O)O)=C1. The fraction of sp³-hybridized carbons (Fsp3) is 0.667. The van der Waals surface area contributed by atoms with Crippen molar-refractivity contribution in [3.8, 4) is 0 Å². The average Bonchev–Trinajstić information content (AvgIpc) is 2.58. The van der Waals surface area contributed by atoms with Crippen LogP contribution in [0.5, 0.6) is 0 Å². The van der Waals surface area contributed by atoms with Crippen molar-refractivity contribution < 1.29 is 13.0 Å². The van der Waals surface area contributed by atoms with Crippen LogP contribution in [0.4, 0.5) is 0 Å². The van der Waals surface area contributed by atoms with E-state index in [4.69, 9.17) is 0 Å². The van der Waals surface area contributed by atoms with Gasteiger partial charge in [0, 0.05) is 5.41 Å². The van der Waals surface area contributed by atoms with E-state index < -0.39 is 15.5 Å². The Balaban J connectivity index is 3.43. The Labute approximate surface area is 135 Å². The van der Waals surface area contributed by atoms with Crippen LogP contribution in [-0.4, -0.2) is 13.0 Å². The zero-order valence-corrected chi connectivity index (χ0v) is 15.4. The second kappa shape index (κ2) is 6.71. The van der Waals surface area contributed by atoms with Crippen LogP contribution in [0.3, 0.4) is 0 Å². The molecule has 4 heteroatoms. The lowest BCUT2D eigenvalue weighted by atomic mass is 9.60. The molecule has 1 N–H and O–H groups in total. The molecule has 0 aromatic carbocycles. The molecule has 0 bridgehead atoms. The molecule has 0 aromatic heterocycles. The third-order valence-corrected chi connectivity index (χ3v) is 5.74. The summed E-state index contributed by atoms with van der Waals surface area (Å²) in [6, 6.07) is 0. The van der Waals surface area contributed by atoms with Gasteiger partial charge in [-0.15, -0.1) is 0 Å². The monoisotopic (exact) mass is 326 g/mol. The molecule has 0 amide bonds. The normalized spacial score (nSPS) is 24.3. The van der Waals surface area contributed by atoms with Crippen LogP contribution in [0.25, 0.3) is 0 Å². The minimum Gasteiger partial charge on any atom is -0.282 e. The third-order valence-electron chi connectivity index (χ3n) is 4.89. The largest absolute Gasteiger partial charge is 0.294 e. The Hall–Kier alpha value is -0.870. The lowest BCUT2D eigenvalue weighted by Crippen LogP contribution is -2.37. The summed E-state index contributed by atoms with van der Waals surface area (Å²) in [7, 11) is -4.20. The summed E-state index contributed by atoms with van der Waals surface area (Å²) in [5.74, 6) is 0.790. The Morgan fingerprint density at radius 2 is 1.86 bits per heavy atom. The molecule has 3 nitrogen and oxygen atoms in total. The molecule has 0 saturated heterocycles. The minimum absolute atomic E-state index is 0.0133. The van der Waals surface area contributed by atoms with Crippen molar-refractivity contribution in [1.29, 1.82) is 0 Å². The quantitative estimate of drug-likeness (QED) is 0.700. The van der Waals surface area contributed by atoms with Crippen LogP contribution in [0, 0.1) is 22.7 Å². The standard InChI is InChI=1S/C18H30O3S/c1-7-17(4,5)16(12-14(2)3)18(6)11-9-8-10-15(13-18)22(19,20)21/h8-11,13-14,16H,7,12H2,1-6H3,(H,19,20,21). The summed E-state index contributed by atoms with van der Waals surface area (Å²) in [6.45, 7) is 13.1. The van der Waals surface area contributed by atoms with Crippen LogP contribution >= 0.6 is 0 Å². The van der Waals surface area contributed by atoms with E-state index in [9.17, 15) is 13.0 Å². The van der Waals surface area contributed by atoms with Crippen LogP contribution in [-0.2, 0) is 10.1 Å². The van der Waals surface area contributed by atoms with E-state index in [2.05, 4.69) is 47.6 Å². The van der Waals surface area contributed by atoms with Gasteiger partial charge in [-0.3, -0.25) is 4.55 Å². The number of hydrogen-bond acceptors (Lipinski definition) is 2. The van der Waals surface area contributed by atoms with Gasteiger partial charge in [0.2, 0.25) is 0 Å². The summed E-state index contributed by atoms with van der Waals surface area (Å²) >= 11 is 0. The Morgan fingerprint density at radius 1 is 1.27 bits per heavy atom. The first-order chi connectivity index (χ1) is 9.92. The molecule has 0 spiro atoms. The third kappa shape index (κ3) is 4.56. The van der Waals surface area contributed by atoms with Gasteiger partial charge in [0.25, 0.3) is 10.1 Å². The molecule has 0 heterocycles. The van der Waals surface area contributed by atoms with Crippen molar-refractivity contribution in [2.24, 2.45) is 22.7 Å². The van der Waals surface area contributed by atoms with Gasteiger partial charge in [-0.05, 0) is 29.7 Å². The van der Waals surface area contributed by atoms with Crippen LogP contribution in [0.2, 0.25) is 0 Å². The molecule has 1 aliphatic carbocycles. The Kier molecular flexibility index (Phi) is 5.85. The molecule has 0 aromatic rings. The molecule has 0 aliphatic heterocycles. The second-order valence-corrected chi connectivity index (χ2v) is 9.05. The number of allylic oxidation sites excluding steroid dienone is 5. The summed E-state index contributed by atoms with van der Waals surface area (Å²) in [6.07, 6.45) is 10.8. The molecule has 0 radical (unpaired) electrons.